The van der Waals surface area contributed by atoms with Gasteiger partial charge in [0.25, 0.3) is 5.91 Å². The van der Waals surface area contributed by atoms with Crippen LogP contribution in [0.15, 0.2) is 47.0 Å². The lowest BCUT2D eigenvalue weighted by Gasteiger charge is -2.10. The molecule has 3 aromatic rings. The number of carbonyl (C=O) groups is 1. The van der Waals surface area contributed by atoms with E-state index in [1.165, 1.54) is 5.56 Å². The summed E-state index contributed by atoms with van der Waals surface area (Å²) in [5, 5.41) is 6.74. The number of benzene rings is 2. The number of aromatic nitrogens is 1. The van der Waals surface area contributed by atoms with E-state index in [0.29, 0.717) is 23.6 Å². The minimum atomic E-state index is -0.347. The second kappa shape index (κ2) is 8.61. The molecule has 0 radical (unpaired) electrons. The molecule has 6 heteroatoms. The van der Waals surface area contributed by atoms with E-state index in [9.17, 15) is 4.79 Å². The normalized spacial score (nSPS) is 10.6. The van der Waals surface area contributed by atoms with Crippen LogP contribution < -0.4 is 14.8 Å². The van der Waals surface area contributed by atoms with Crippen molar-refractivity contribution in [1.82, 2.24) is 5.16 Å². The SMILES string of the molecule is CCOc1ccc(NC(=O)c2noc(C)c2COc2ccc(C)cc2C)cc1. The van der Waals surface area contributed by atoms with Crippen LogP contribution in [0, 0.1) is 20.8 Å². The zero-order chi connectivity index (χ0) is 20.1. The molecule has 1 heterocycles. The zero-order valence-electron chi connectivity index (χ0n) is 16.5. The third-order valence-electron chi connectivity index (χ3n) is 4.33. The Hall–Kier alpha value is -3.28. The fourth-order valence-corrected chi connectivity index (χ4v) is 2.84. The van der Waals surface area contributed by atoms with Crippen LogP contribution in [0.3, 0.4) is 0 Å². The number of aryl methyl sites for hydroxylation is 3. The van der Waals surface area contributed by atoms with E-state index in [0.717, 1.165) is 17.1 Å². The largest absolute Gasteiger partial charge is 0.494 e. The number of hydrogen-bond donors (Lipinski definition) is 1. The summed E-state index contributed by atoms with van der Waals surface area (Å²) in [6.45, 7) is 8.50. The van der Waals surface area contributed by atoms with Crippen LogP contribution >= 0.6 is 0 Å². The van der Waals surface area contributed by atoms with Crippen molar-refractivity contribution in [3.63, 3.8) is 0 Å². The number of rotatable bonds is 7. The van der Waals surface area contributed by atoms with E-state index in [1.807, 2.05) is 32.9 Å². The molecule has 1 aromatic heterocycles. The van der Waals surface area contributed by atoms with Gasteiger partial charge in [-0.1, -0.05) is 22.9 Å². The summed E-state index contributed by atoms with van der Waals surface area (Å²) in [6.07, 6.45) is 0. The van der Waals surface area contributed by atoms with E-state index in [2.05, 4.69) is 16.5 Å². The number of hydrogen-bond acceptors (Lipinski definition) is 5. The third-order valence-corrected chi connectivity index (χ3v) is 4.33. The van der Waals surface area contributed by atoms with Gasteiger partial charge in [-0.05, 0) is 63.6 Å². The smallest absolute Gasteiger partial charge is 0.278 e. The van der Waals surface area contributed by atoms with E-state index in [1.54, 1.807) is 31.2 Å². The van der Waals surface area contributed by atoms with Gasteiger partial charge in [0.15, 0.2) is 5.69 Å². The van der Waals surface area contributed by atoms with Crippen molar-refractivity contribution in [2.45, 2.75) is 34.3 Å². The maximum atomic E-state index is 12.7. The van der Waals surface area contributed by atoms with Crippen LogP contribution in [0.1, 0.15) is 39.9 Å². The summed E-state index contributed by atoms with van der Waals surface area (Å²) in [5.74, 6) is 1.73. The van der Waals surface area contributed by atoms with Crippen LogP contribution in [0.2, 0.25) is 0 Å². The first kappa shape index (κ1) is 19.5. The average molecular weight is 380 g/mol. The minimum absolute atomic E-state index is 0.200. The van der Waals surface area contributed by atoms with Gasteiger partial charge in [0.2, 0.25) is 0 Å². The second-order valence-electron chi connectivity index (χ2n) is 6.54. The number of amides is 1. The Labute approximate surface area is 164 Å². The molecule has 0 saturated heterocycles. The molecule has 28 heavy (non-hydrogen) atoms. The van der Waals surface area contributed by atoms with Crippen LogP contribution in [0.5, 0.6) is 11.5 Å². The summed E-state index contributed by atoms with van der Waals surface area (Å²) in [5.41, 5.74) is 3.70. The molecule has 3 rings (SSSR count). The van der Waals surface area contributed by atoms with Crippen LogP contribution in [-0.2, 0) is 6.61 Å². The van der Waals surface area contributed by atoms with Crippen molar-refractivity contribution in [2.24, 2.45) is 0 Å². The first-order valence-electron chi connectivity index (χ1n) is 9.17. The van der Waals surface area contributed by atoms with Gasteiger partial charge in [-0.15, -0.1) is 0 Å². The molecule has 0 aliphatic carbocycles. The van der Waals surface area contributed by atoms with Crippen LogP contribution in [0.4, 0.5) is 5.69 Å². The lowest BCUT2D eigenvalue weighted by Crippen LogP contribution is -2.15. The topological polar surface area (TPSA) is 73.6 Å². The van der Waals surface area contributed by atoms with Crippen molar-refractivity contribution >= 4 is 11.6 Å². The van der Waals surface area contributed by atoms with Gasteiger partial charge in [0, 0.05) is 5.69 Å². The lowest BCUT2D eigenvalue weighted by atomic mass is 10.1. The molecular weight excluding hydrogens is 356 g/mol. The Kier molecular flexibility index (Phi) is 5.99. The highest BCUT2D eigenvalue weighted by molar-refractivity contribution is 6.03. The monoisotopic (exact) mass is 380 g/mol. The molecular formula is C22H24N2O4. The minimum Gasteiger partial charge on any atom is -0.494 e. The van der Waals surface area contributed by atoms with E-state index >= 15 is 0 Å². The fourth-order valence-electron chi connectivity index (χ4n) is 2.84. The van der Waals surface area contributed by atoms with E-state index < -0.39 is 0 Å². The van der Waals surface area contributed by atoms with Gasteiger partial charge in [-0.2, -0.15) is 0 Å². The van der Waals surface area contributed by atoms with Crippen LogP contribution in [-0.4, -0.2) is 17.7 Å². The first-order valence-corrected chi connectivity index (χ1v) is 9.17. The van der Waals surface area contributed by atoms with Crippen molar-refractivity contribution < 1.29 is 18.8 Å². The maximum Gasteiger partial charge on any atom is 0.278 e. The van der Waals surface area contributed by atoms with Crippen molar-refractivity contribution in [3.8, 4) is 11.5 Å². The number of nitrogens with one attached hydrogen (secondary N) is 1. The predicted octanol–water partition coefficient (Wildman–Crippen LogP) is 4.83. The Balaban J connectivity index is 1.71. The van der Waals surface area contributed by atoms with Crippen molar-refractivity contribution in [2.75, 3.05) is 11.9 Å². The predicted molar refractivity (Wildman–Crippen MR) is 107 cm³/mol. The van der Waals surface area contributed by atoms with Gasteiger partial charge in [0.05, 0.1) is 12.2 Å². The van der Waals surface area contributed by atoms with E-state index in [-0.39, 0.29) is 18.2 Å². The van der Waals surface area contributed by atoms with Gasteiger partial charge < -0.3 is 19.3 Å². The maximum absolute atomic E-state index is 12.7. The summed E-state index contributed by atoms with van der Waals surface area (Å²) >= 11 is 0. The van der Waals surface area contributed by atoms with Gasteiger partial charge >= 0.3 is 0 Å². The summed E-state index contributed by atoms with van der Waals surface area (Å²) < 4.78 is 16.5. The molecule has 0 aliphatic rings. The fraction of sp³-hybridized carbons (Fsp3) is 0.273. The zero-order valence-corrected chi connectivity index (χ0v) is 16.5. The summed E-state index contributed by atoms with van der Waals surface area (Å²) in [6, 6.07) is 13.1. The third kappa shape index (κ3) is 4.52. The molecule has 1 N–H and O–H groups in total. The summed E-state index contributed by atoms with van der Waals surface area (Å²) in [4.78, 5) is 12.7. The number of carbonyl (C=O) groups excluding carboxylic acids is 1. The first-order chi connectivity index (χ1) is 13.5. The highest BCUT2D eigenvalue weighted by atomic mass is 16.5. The molecule has 1 amide bonds. The quantitative estimate of drug-likeness (QED) is 0.635. The van der Waals surface area contributed by atoms with Crippen LogP contribution in [0.25, 0.3) is 0 Å². The molecule has 0 bridgehead atoms. The molecule has 0 fully saturated rings. The molecule has 2 aromatic carbocycles. The Bertz CT molecular complexity index is 961. The highest BCUT2D eigenvalue weighted by Gasteiger charge is 2.21. The average Bonchev–Trinajstić information content (AvgIpc) is 3.03. The highest BCUT2D eigenvalue weighted by Crippen LogP contribution is 2.23. The van der Waals surface area contributed by atoms with Crippen molar-refractivity contribution in [1.29, 1.82) is 0 Å². The number of nitrogens with zero attached hydrogens (tertiary/aromatic N) is 1. The number of anilines is 1. The van der Waals surface area contributed by atoms with Crippen molar-refractivity contribution in [3.05, 3.63) is 70.6 Å². The Morgan fingerprint density at radius 3 is 2.50 bits per heavy atom. The summed E-state index contributed by atoms with van der Waals surface area (Å²) in [7, 11) is 0. The second-order valence-corrected chi connectivity index (χ2v) is 6.54. The lowest BCUT2D eigenvalue weighted by molar-refractivity contribution is 0.101. The standard InChI is InChI=1S/C22H24N2O4/c1-5-26-18-9-7-17(8-10-18)23-22(25)21-19(16(4)28-24-21)13-27-20-11-6-14(2)12-15(20)3/h6-12H,5,13H2,1-4H3,(H,23,25). The van der Waals surface area contributed by atoms with E-state index in [4.69, 9.17) is 14.0 Å². The molecule has 0 saturated carbocycles. The molecule has 146 valence electrons. The van der Waals surface area contributed by atoms with Gasteiger partial charge in [-0.25, -0.2) is 0 Å². The molecule has 0 aliphatic heterocycles. The Morgan fingerprint density at radius 2 is 1.82 bits per heavy atom. The molecule has 0 atom stereocenters. The molecule has 6 nitrogen and oxygen atoms in total. The Morgan fingerprint density at radius 1 is 1.07 bits per heavy atom. The van der Waals surface area contributed by atoms with Gasteiger partial charge in [-0.3, -0.25) is 4.79 Å². The molecule has 0 unspecified atom stereocenters. The van der Waals surface area contributed by atoms with Gasteiger partial charge in [0.1, 0.15) is 23.9 Å². The molecule has 0 spiro atoms. The number of ether oxygens (including phenoxy) is 2.